The molecule has 21 heavy (non-hydrogen) atoms. The summed E-state index contributed by atoms with van der Waals surface area (Å²) in [5, 5.41) is 3.80. The molecule has 5 heteroatoms. The maximum absolute atomic E-state index is 11.9. The van der Waals surface area contributed by atoms with E-state index in [1.54, 1.807) is 30.0 Å². The van der Waals surface area contributed by atoms with Crippen LogP contribution in [0.5, 0.6) is 0 Å². The average molecular weight is 340 g/mol. The third-order valence-corrected chi connectivity index (χ3v) is 4.36. The van der Waals surface area contributed by atoms with Crippen molar-refractivity contribution in [1.29, 1.82) is 0 Å². The fourth-order valence-corrected chi connectivity index (χ4v) is 2.95. The number of carbonyl (C=O) groups excluding carboxylic acids is 1. The third-order valence-electron chi connectivity index (χ3n) is 2.79. The van der Waals surface area contributed by atoms with Crippen LogP contribution in [0.4, 0.5) is 5.69 Å². The second kappa shape index (κ2) is 7.74. The molecule has 0 atom stereocenters. The van der Waals surface area contributed by atoms with Gasteiger partial charge in [-0.1, -0.05) is 53.0 Å². The molecule has 0 unspecified atom stereocenters. The van der Waals surface area contributed by atoms with Crippen molar-refractivity contribution in [2.24, 2.45) is 0 Å². The number of hydrogen-bond donors (Lipinski definition) is 1. The minimum Gasteiger partial charge on any atom is -0.324 e. The van der Waals surface area contributed by atoms with Crippen LogP contribution in [-0.2, 0) is 10.5 Å². The van der Waals surface area contributed by atoms with Crippen molar-refractivity contribution in [3.63, 3.8) is 0 Å². The van der Waals surface area contributed by atoms with E-state index in [4.69, 9.17) is 23.2 Å². The Kier molecular flexibility index (Phi) is 5.97. The molecular weight excluding hydrogens is 325 g/mol. The molecule has 2 aromatic rings. The Bertz CT molecular complexity index is 646. The first-order valence-corrected chi connectivity index (χ1v) is 8.34. The molecule has 0 radical (unpaired) electrons. The van der Waals surface area contributed by atoms with Gasteiger partial charge in [0.25, 0.3) is 0 Å². The van der Waals surface area contributed by atoms with Crippen molar-refractivity contribution in [3.05, 3.63) is 63.6 Å². The molecule has 1 N–H and O–H groups in total. The van der Waals surface area contributed by atoms with Gasteiger partial charge in [0.1, 0.15) is 0 Å². The van der Waals surface area contributed by atoms with Gasteiger partial charge >= 0.3 is 0 Å². The second-order valence-electron chi connectivity index (χ2n) is 4.65. The Morgan fingerprint density at radius 3 is 2.76 bits per heavy atom. The SMILES string of the molecule is Cc1cccc(CSCC(=O)Nc2cc(Cl)ccc2Cl)c1. The molecule has 2 nitrogen and oxygen atoms in total. The zero-order valence-electron chi connectivity index (χ0n) is 11.5. The van der Waals surface area contributed by atoms with Crippen molar-refractivity contribution in [2.75, 3.05) is 11.1 Å². The normalized spacial score (nSPS) is 10.4. The summed E-state index contributed by atoms with van der Waals surface area (Å²) in [4.78, 5) is 11.9. The zero-order valence-corrected chi connectivity index (χ0v) is 13.9. The summed E-state index contributed by atoms with van der Waals surface area (Å²) < 4.78 is 0. The summed E-state index contributed by atoms with van der Waals surface area (Å²) >= 11 is 13.5. The highest BCUT2D eigenvalue weighted by molar-refractivity contribution is 7.99. The summed E-state index contributed by atoms with van der Waals surface area (Å²) in [5.41, 5.74) is 2.99. The summed E-state index contributed by atoms with van der Waals surface area (Å²) in [7, 11) is 0. The molecule has 0 aliphatic rings. The molecule has 2 rings (SSSR count). The molecule has 1 amide bonds. The molecule has 110 valence electrons. The number of amides is 1. The molecule has 0 heterocycles. The first kappa shape index (κ1) is 16.2. The number of rotatable bonds is 5. The molecule has 0 bridgehead atoms. The topological polar surface area (TPSA) is 29.1 Å². The zero-order chi connectivity index (χ0) is 15.2. The first-order chi connectivity index (χ1) is 10.0. The molecule has 0 aromatic heterocycles. The minimum absolute atomic E-state index is 0.0863. The summed E-state index contributed by atoms with van der Waals surface area (Å²) in [6, 6.07) is 13.3. The van der Waals surface area contributed by atoms with Crippen molar-refractivity contribution in [3.8, 4) is 0 Å². The van der Waals surface area contributed by atoms with E-state index in [-0.39, 0.29) is 5.91 Å². The van der Waals surface area contributed by atoms with E-state index < -0.39 is 0 Å². The van der Waals surface area contributed by atoms with E-state index in [1.165, 1.54) is 11.1 Å². The van der Waals surface area contributed by atoms with Gasteiger partial charge < -0.3 is 5.32 Å². The van der Waals surface area contributed by atoms with Crippen LogP contribution in [-0.4, -0.2) is 11.7 Å². The van der Waals surface area contributed by atoms with Crippen LogP contribution in [0.1, 0.15) is 11.1 Å². The minimum atomic E-state index is -0.0863. The number of halogens is 2. The van der Waals surface area contributed by atoms with E-state index in [0.717, 1.165) is 5.75 Å². The summed E-state index contributed by atoms with van der Waals surface area (Å²) in [5.74, 6) is 1.09. The molecule has 0 aliphatic heterocycles. The van der Waals surface area contributed by atoms with Crippen molar-refractivity contribution >= 4 is 46.6 Å². The van der Waals surface area contributed by atoms with E-state index in [2.05, 4.69) is 30.4 Å². The lowest BCUT2D eigenvalue weighted by Crippen LogP contribution is -2.14. The maximum atomic E-state index is 11.9. The van der Waals surface area contributed by atoms with Gasteiger partial charge in [0.2, 0.25) is 5.91 Å². The standard InChI is InChI=1S/C16H15Cl2NOS/c1-11-3-2-4-12(7-11)9-21-10-16(20)19-15-8-13(17)5-6-14(15)18/h2-8H,9-10H2,1H3,(H,19,20). The van der Waals surface area contributed by atoms with Crippen LogP contribution in [0.2, 0.25) is 10.0 Å². The number of carbonyl (C=O) groups is 1. The van der Waals surface area contributed by atoms with Crippen LogP contribution in [0.3, 0.4) is 0 Å². The van der Waals surface area contributed by atoms with Gasteiger partial charge in [-0.05, 0) is 30.7 Å². The van der Waals surface area contributed by atoms with Crippen LogP contribution in [0, 0.1) is 6.92 Å². The highest BCUT2D eigenvalue weighted by Gasteiger charge is 2.07. The molecule has 0 saturated carbocycles. The van der Waals surface area contributed by atoms with E-state index in [0.29, 0.717) is 21.5 Å². The summed E-state index contributed by atoms with van der Waals surface area (Å²) in [6.45, 7) is 2.06. The largest absolute Gasteiger partial charge is 0.324 e. The molecule has 0 saturated heterocycles. The van der Waals surface area contributed by atoms with Crippen LogP contribution < -0.4 is 5.32 Å². The maximum Gasteiger partial charge on any atom is 0.234 e. The lowest BCUT2D eigenvalue weighted by molar-refractivity contribution is -0.113. The smallest absolute Gasteiger partial charge is 0.234 e. The number of nitrogens with one attached hydrogen (secondary N) is 1. The Labute approximate surface area is 138 Å². The first-order valence-electron chi connectivity index (χ1n) is 6.43. The molecule has 2 aromatic carbocycles. The lowest BCUT2D eigenvalue weighted by Gasteiger charge is -2.08. The Balaban J connectivity index is 1.84. The van der Waals surface area contributed by atoms with E-state index in [9.17, 15) is 4.79 Å². The number of anilines is 1. The number of thioether (sulfide) groups is 1. The fraction of sp³-hybridized carbons (Fsp3) is 0.188. The number of benzene rings is 2. The van der Waals surface area contributed by atoms with E-state index in [1.807, 2.05) is 6.07 Å². The van der Waals surface area contributed by atoms with Crippen molar-refractivity contribution in [2.45, 2.75) is 12.7 Å². The highest BCUT2D eigenvalue weighted by Crippen LogP contribution is 2.25. The fourth-order valence-electron chi connectivity index (χ4n) is 1.84. The second-order valence-corrected chi connectivity index (χ2v) is 6.48. The van der Waals surface area contributed by atoms with Gasteiger partial charge in [0.05, 0.1) is 16.5 Å². The lowest BCUT2D eigenvalue weighted by atomic mass is 10.2. The molecule has 0 fully saturated rings. The molecule has 0 spiro atoms. The van der Waals surface area contributed by atoms with Gasteiger partial charge in [-0.3, -0.25) is 4.79 Å². The Morgan fingerprint density at radius 1 is 1.19 bits per heavy atom. The van der Waals surface area contributed by atoms with Gasteiger partial charge in [-0.2, -0.15) is 0 Å². The molecular formula is C16H15Cl2NOS. The van der Waals surface area contributed by atoms with Crippen LogP contribution >= 0.6 is 35.0 Å². The number of aryl methyl sites for hydroxylation is 1. The van der Waals surface area contributed by atoms with Gasteiger partial charge in [0, 0.05) is 10.8 Å². The Hall–Kier alpha value is -1.16. The van der Waals surface area contributed by atoms with Crippen molar-refractivity contribution in [1.82, 2.24) is 0 Å². The predicted molar refractivity (Wildman–Crippen MR) is 92.4 cm³/mol. The van der Waals surface area contributed by atoms with Crippen molar-refractivity contribution < 1.29 is 4.79 Å². The number of hydrogen-bond acceptors (Lipinski definition) is 2. The summed E-state index contributed by atoms with van der Waals surface area (Å²) in [6.07, 6.45) is 0. The van der Waals surface area contributed by atoms with Crippen LogP contribution in [0.25, 0.3) is 0 Å². The predicted octanol–water partition coefficient (Wildman–Crippen LogP) is 5.17. The van der Waals surface area contributed by atoms with Gasteiger partial charge in [0.15, 0.2) is 0 Å². The molecule has 0 aliphatic carbocycles. The van der Waals surface area contributed by atoms with Gasteiger partial charge in [-0.25, -0.2) is 0 Å². The quantitative estimate of drug-likeness (QED) is 0.813. The van der Waals surface area contributed by atoms with Crippen LogP contribution in [0.15, 0.2) is 42.5 Å². The monoisotopic (exact) mass is 339 g/mol. The Morgan fingerprint density at radius 2 is 2.00 bits per heavy atom. The average Bonchev–Trinajstić information content (AvgIpc) is 2.43. The van der Waals surface area contributed by atoms with E-state index >= 15 is 0 Å². The highest BCUT2D eigenvalue weighted by atomic mass is 35.5. The van der Waals surface area contributed by atoms with Gasteiger partial charge in [-0.15, -0.1) is 11.8 Å². The third kappa shape index (κ3) is 5.27.